The standard InChI is InChI=1S/C14H19F2N3O3/c1-9-6-10(22-12(15)16)2-3-11(9)19-13(20)18-8-14(21)4-5-17-7-14/h2-3,6,12,17,21H,4-5,7-8H2,1H3,(H2,18,19,20)/t14-/m1/s1. The predicted octanol–water partition coefficient (Wildman–Crippen LogP) is 1.44. The number of aliphatic hydroxyl groups is 1. The van der Waals surface area contributed by atoms with E-state index in [2.05, 4.69) is 20.7 Å². The van der Waals surface area contributed by atoms with E-state index in [0.717, 1.165) is 0 Å². The number of carbonyl (C=O) groups excluding carboxylic acids is 1. The van der Waals surface area contributed by atoms with Crippen molar-refractivity contribution < 1.29 is 23.4 Å². The number of urea groups is 1. The normalized spacial score (nSPS) is 21.0. The lowest BCUT2D eigenvalue weighted by molar-refractivity contribution is -0.0498. The maximum atomic E-state index is 12.1. The number of hydrogen-bond donors (Lipinski definition) is 4. The Bertz CT molecular complexity index is 534. The highest BCUT2D eigenvalue weighted by atomic mass is 19.3. The number of amides is 2. The average molecular weight is 315 g/mol. The van der Waals surface area contributed by atoms with E-state index in [1.807, 2.05) is 0 Å². The third-order valence-corrected chi connectivity index (χ3v) is 3.47. The van der Waals surface area contributed by atoms with Crippen LogP contribution in [0.1, 0.15) is 12.0 Å². The molecule has 4 N–H and O–H groups in total. The number of alkyl halides is 2. The summed E-state index contributed by atoms with van der Waals surface area (Å²) in [5.74, 6) is 0.0322. The zero-order valence-electron chi connectivity index (χ0n) is 12.2. The second-order valence-electron chi connectivity index (χ2n) is 5.31. The largest absolute Gasteiger partial charge is 0.435 e. The summed E-state index contributed by atoms with van der Waals surface area (Å²) in [5, 5.41) is 18.3. The van der Waals surface area contributed by atoms with Crippen LogP contribution in [0.5, 0.6) is 5.75 Å². The van der Waals surface area contributed by atoms with Gasteiger partial charge >= 0.3 is 12.6 Å². The summed E-state index contributed by atoms with van der Waals surface area (Å²) in [6.07, 6.45) is 0.575. The minimum Gasteiger partial charge on any atom is -0.435 e. The number of aryl methyl sites for hydroxylation is 1. The molecule has 0 aliphatic carbocycles. The average Bonchev–Trinajstić information content (AvgIpc) is 2.86. The van der Waals surface area contributed by atoms with Crippen molar-refractivity contribution in [1.29, 1.82) is 0 Å². The Balaban J connectivity index is 1.88. The van der Waals surface area contributed by atoms with Gasteiger partial charge in [0.15, 0.2) is 0 Å². The van der Waals surface area contributed by atoms with Gasteiger partial charge in [0.25, 0.3) is 0 Å². The van der Waals surface area contributed by atoms with Crippen LogP contribution < -0.4 is 20.7 Å². The zero-order chi connectivity index (χ0) is 16.2. The number of carbonyl (C=O) groups is 1. The van der Waals surface area contributed by atoms with Crippen LogP contribution >= 0.6 is 0 Å². The van der Waals surface area contributed by atoms with Crippen LogP contribution in [-0.2, 0) is 0 Å². The number of β-amino-alcohol motifs (C(OH)–C–C–N with tert-alkyl or cyclic N) is 1. The molecular weight excluding hydrogens is 296 g/mol. The van der Waals surface area contributed by atoms with Gasteiger partial charge in [0.2, 0.25) is 0 Å². The van der Waals surface area contributed by atoms with Gasteiger partial charge < -0.3 is 25.8 Å². The molecule has 1 aromatic carbocycles. The summed E-state index contributed by atoms with van der Waals surface area (Å²) < 4.78 is 28.5. The fraction of sp³-hybridized carbons (Fsp3) is 0.500. The van der Waals surface area contributed by atoms with Crippen LogP contribution in [0.25, 0.3) is 0 Å². The van der Waals surface area contributed by atoms with E-state index in [9.17, 15) is 18.7 Å². The lowest BCUT2D eigenvalue weighted by Crippen LogP contribution is -2.45. The molecule has 1 aromatic rings. The van der Waals surface area contributed by atoms with Crippen molar-refractivity contribution in [3.05, 3.63) is 23.8 Å². The van der Waals surface area contributed by atoms with E-state index in [0.29, 0.717) is 30.8 Å². The molecule has 1 heterocycles. The highest BCUT2D eigenvalue weighted by molar-refractivity contribution is 5.90. The Morgan fingerprint density at radius 2 is 2.32 bits per heavy atom. The van der Waals surface area contributed by atoms with E-state index in [4.69, 9.17) is 0 Å². The number of anilines is 1. The molecule has 0 saturated carbocycles. The van der Waals surface area contributed by atoms with Crippen LogP contribution in [0, 0.1) is 6.92 Å². The zero-order valence-corrected chi connectivity index (χ0v) is 12.2. The Labute approximate surface area is 126 Å². The second-order valence-corrected chi connectivity index (χ2v) is 5.31. The molecule has 0 radical (unpaired) electrons. The summed E-state index contributed by atoms with van der Waals surface area (Å²) in [6, 6.07) is 3.78. The molecule has 122 valence electrons. The molecule has 2 amide bonds. The van der Waals surface area contributed by atoms with Crippen molar-refractivity contribution in [3.8, 4) is 5.75 Å². The van der Waals surface area contributed by atoms with Crippen molar-refractivity contribution in [1.82, 2.24) is 10.6 Å². The molecule has 22 heavy (non-hydrogen) atoms. The van der Waals surface area contributed by atoms with E-state index in [-0.39, 0.29) is 12.3 Å². The number of hydrogen-bond acceptors (Lipinski definition) is 4. The quantitative estimate of drug-likeness (QED) is 0.663. The molecule has 0 aromatic heterocycles. The first kappa shape index (κ1) is 16.4. The monoisotopic (exact) mass is 315 g/mol. The van der Waals surface area contributed by atoms with Gasteiger partial charge in [0.1, 0.15) is 5.75 Å². The van der Waals surface area contributed by atoms with Crippen LogP contribution in [0.15, 0.2) is 18.2 Å². The lowest BCUT2D eigenvalue weighted by Gasteiger charge is -2.21. The second kappa shape index (κ2) is 6.89. The fourth-order valence-electron chi connectivity index (χ4n) is 2.25. The number of ether oxygens (including phenoxy) is 1. The number of benzene rings is 1. The Morgan fingerprint density at radius 1 is 1.55 bits per heavy atom. The van der Waals surface area contributed by atoms with Crippen LogP contribution in [0.3, 0.4) is 0 Å². The Hall–Kier alpha value is -1.93. The Kier molecular flexibility index (Phi) is 5.15. The fourth-order valence-corrected chi connectivity index (χ4v) is 2.25. The molecule has 0 bridgehead atoms. The predicted molar refractivity (Wildman–Crippen MR) is 77.3 cm³/mol. The molecular formula is C14H19F2N3O3. The van der Waals surface area contributed by atoms with E-state index >= 15 is 0 Å². The molecule has 1 fully saturated rings. The van der Waals surface area contributed by atoms with Gasteiger partial charge in [0.05, 0.1) is 5.60 Å². The first-order valence-electron chi connectivity index (χ1n) is 6.91. The molecule has 0 spiro atoms. The summed E-state index contributed by atoms with van der Waals surface area (Å²) >= 11 is 0. The minimum absolute atomic E-state index is 0.0322. The molecule has 1 saturated heterocycles. The maximum Gasteiger partial charge on any atom is 0.387 e. The topological polar surface area (TPSA) is 82.6 Å². The molecule has 2 rings (SSSR count). The SMILES string of the molecule is Cc1cc(OC(F)F)ccc1NC(=O)NC[C@@]1(O)CCNC1. The molecule has 8 heteroatoms. The van der Waals surface area contributed by atoms with Crippen LogP contribution in [0.2, 0.25) is 0 Å². The molecule has 0 unspecified atom stereocenters. The van der Waals surface area contributed by atoms with Crippen molar-refractivity contribution in [2.75, 3.05) is 25.0 Å². The number of halogens is 2. The van der Waals surface area contributed by atoms with Crippen molar-refractivity contribution in [2.24, 2.45) is 0 Å². The molecule has 1 atom stereocenters. The summed E-state index contributed by atoms with van der Waals surface area (Å²) in [5.41, 5.74) is 0.145. The lowest BCUT2D eigenvalue weighted by atomic mass is 10.0. The van der Waals surface area contributed by atoms with E-state index in [1.165, 1.54) is 18.2 Å². The molecule has 1 aliphatic heterocycles. The number of nitrogens with one attached hydrogen (secondary N) is 3. The van der Waals surface area contributed by atoms with Gasteiger partial charge in [-0.15, -0.1) is 0 Å². The van der Waals surface area contributed by atoms with Gasteiger partial charge in [-0.05, 0) is 43.7 Å². The summed E-state index contributed by atoms with van der Waals surface area (Å²) in [4.78, 5) is 11.8. The van der Waals surface area contributed by atoms with E-state index in [1.54, 1.807) is 6.92 Å². The van der Waals surface area contributed by atoms with Gasteiger partial charge in [0, 0.05) is 18.8 Å². The van der Waals surface area contributed by atoms with Crippen LogP contribution in [-0.4, -0.2) is 43.0 Å². The van der Waals surface area contributed by atoms with Gasteiger partial charge in [-0.2, -0.15) is 8.78 Å². The molecule has 6 nitrogen and oxygen atoms in total. The van der Waals surface area contributed by atoms with Gasteiger partial charge in [-0.25, -0.2) is 4.79 Å². The Morgan fingerprint density at radius 3 is 2.91 bits per heavy atom. The van der Waals surface area contributed by atoms with Crippen molar-refractivity contribution in [3.63, 3.8) is 0 Å². The first-order chi connectivity index (χ1) is 10.4. The van der Waals surface area contributed by atoms with Crippen molar-refractivity contribution in [2.45, 2.75) is 25.6 Å². The number of rotatable bonds is 5. The minimum atomic E-state index is -2.89. The third kappa shape index (κ3) is 4.54. The molecule has 1 aliphatic rings. The van der Waals surface area contributed by atoms with Gasteiger partial charge in [-0.3, -0.25) is 0 Å². The third-order valence-electron chi connectivity index (χ3n) is 3.47. The van der Waals surface area contributed by atoms with Gasteiger partial charge in [-0.1, -0.05) is 0 Å². The van der Waals surface area contributed by atoms with Crippen LogP contribution in [0.4, 0.5) is 19.3 Å². The maximum absolute atomic E-state index is 12.1. The summed E-state index contributed by atoms with van der Waals surface area (Å²) in [6.45, 7) is 0.0679. The summed E-state index contributed by atoms with van der Waals surface area (Å²) in [7, 11) is 0. The van der Waals surface area contributed by atoms with Crippen molar-refractivity contribution >= 4 is 11.7 Å². The highest BCUT2D eigenvalue weighted by Gasteiger charge is 2.31. The first-order valence-corrected chi connectivity index (χ1v) is 6.91. The van der Waals surface area contributed by atoms with E-state index < -0.39 is 18.2 Å². The smallest absolute Gasteiger partial charge is 0.387 e. The highest BCUT2D eigenvalue weighted by Crippen LogP contribution is 2.22.